The minimum Gasteiger partial charge on any atom is -0.490 e. The lowest BCUT2D eigenvalue weighted by molar-refractivity contribution is 0.0929. The van der Waals surface area contributed by atoms with Gasteiger partial charge in [-0.05, 0) is 38.8 Å². The highest BCUT2D eigenvalue weighted by atomic mass is 16.5. The van der Waals surface area contributed by atoms with Crippen LogP contribution in [0, 0.1) is 0 Å². The maximum atomic E-state index is 12.6. The molecule has 1 aliphatic rings. The van der Waals surface area contributed by atoms with Gasteiger partial charge in [0.2, 0.25) is 0 Å². The first-order chi connectivity index (χ1) is 9.50. The molecule has 0 unspecified atom stereocenters. The van der Waals surface area contributed by atoms with Crippen molar-refractivity contribution in [2.75, 3.05) is 0 Å². The van der Waals surface area contributed by atoms with Gasteiger partial charge >= 0.3 is 0 Å². The smallest absolute Gasteiger partial charge is 0.168 e. The summed E-state index contributed by atoms with van der Waals surface area (Å²) in [6, 6.07) is 7.47. The molecule has 0 atom stereocenters. The molecule has 0 heterocycles. The van der Waals surface area contributed by atoms with E-state index < -0.39 is 0 Å². The molecule has 0 aromatic heterocycles. The zero-order chi connectivity index (χ0) is 14.6. The Morgan fingerprint density at radius 2 is 1.90 bits per heavy atom. The summed E-state index contributed by atoms with van der Waals surface area (Å²) in [5.41, 5.74) is 6.73. The molecule has 0 aliphatic heterocycles. The maximum Gasteiger partial charge on any atom is 0.168 e. The van der Waals surface area contributed by atoms with E-state index >= 15 is 0 Å². The predicted molar refractivity (Wildman–Crippen MR) is 81.2 cm³/mol. The van der Waals surface area contributed by atoms with E-state index in [0.29, 0.717) is 17.7 Å². The van der Waals surface area contributed by atoms with Gasteiger partial charge in [0.15, 0.2) is 5.78 Å². The van der Waals surface area contributed by atoms with Gasteiger partial charge < -0.3 is 10.5 Å². The predicted octanol–water partition coefficient (Wildman–Crippen LogP) is 3.71. The Morgan fingerprint density at radius 3 is 2.55 bits per heavy atom. The van der Waals surface area contributed by atoms with Crippen molar-refractivity contribution in [3.05, 3.63) is 29.8 Å². The van der Waals surface area contributed by atoms with E-state index in [9.17, 15) is 4.79 Å². The molecule has 0 radical (unpaired) electrons. The number of hydrogen-bond donors (Lipinski definition) is 1. The van der Waals surface area contributed by atoms with Gasteiger partial charge in [-0.1, -0.05) is 31.4 Å². The first-order valence-electron chi connectivity index (χ1n) is 7.58. The van der Waals surface area contributed by atoms with Crippen molar-refractivity contribution in [1.29, 1.82) is 0 Å². The lowest BCUT2D eigenvalue weighted by Crippen LogP contribution is -2.43. The third-order valence-corrected chi connectivity index (χ3v) is 3.91. The molecule has 2 N–H and O–H groups in total. The molecule has 20 heavy (non-hydrogen) atoms. The number of carbonyl (C=O) groups is 1. The number of carbonyl (C=O) groups excluding carboxylic acids is 1. The van der Waals surface area contributed by atoms with Gasteiger partial charge in [-0.25, -0.2) is 0 Å². The largest absolute Gasteiger partial charge is 0.490 e. The zero-order valence-electron chi connectivity index (χ0n) is 12.5. The highest BCUT2D eigenvalue weighted by molar-refractivity contribution is 5.99. The maximum absolute atomic E-state index is 12.6. The van der Waals surface area contributed by atoms with Crippen molar-refractivity contribution in [3.63, 3.8) is 0 Å². The van der Waals surface area contributed by atoms with E-state index in [-0.39, 0.29) is 17.4 Å². The summed E-state index contributed by atoms with van der Waals surface area (Å²) in [6.07, 6.45) is 5.89. The molecule has 3 heteroatoms. The van der Waals surface area contributed by atoms with E-state index in [4.69, 9.17) is 10.5 Å². The van der Waals surface area contributed by atoms with E-state index in [0.717, 1.165) is 25.7 Å². The monoisotopic (exact) mass is 275 g/mol. The molecule has 1 aliphatic carbocycles. The Hall–Kier alpha value is -1.35. The van der Waals surface area contributed by atoms with E-state index in [2.05, 4.69) is 0 Å². The van der Waals surface area contributed by atoms with Crippen molar-refractivity contribution < 1.29 is 9.53 Å². The van der Waals surface area contributed by atoms with E-state index in [1.807, 2.05) is 38.1 Å². The zero-order valence-corrected chi connectivity index (χ0v) is 12.5. The van der Waals surface area contributed by atoms with Crippen LogP contribution in [0.2, 0.25) is 0 Å². The molecule has 1 saturated carbocycles. The minimum absolute atomic E-state index is 0.0606. The van der Waals surface area contributed by atoms with Crippen LogP contribution in [-0.4, -0.2) is 17.4 Å². The quantitative estimate of drug-likeness (QED) is 0.833. The van der Waals surface area contributed by atoms with Gasteiger partial charge in [-0.15, -0.1) is 0 Å². The molecule has 110 valence electrons. The Kier molecular flexibility index (Phi) is 4.81. The van der Waals surface area contributed by atoms with Gasteiger partial charge in [0, 0.05) is 12.0 Å². The Balaban J connectivity index is 2.12. The fourth-order valence-electron chi connectivity index (χ4n) is 2.90. The Morgan fingerprint density at radius 1 is 1.25 bits per heavy atom. The summed E-state index contributed by atoms with van der Waals surface area (Å²) in [6.45, 7) is 3.93. The van der Waals surface area contributed by atoms with Crippen molar-refractivity contribution in [2.45, 2.75) is 64.0 Å². The van der Waals surface area contributed by atoms with Crippen LogP contribution in [0.25, 0.3) is 0 Å². The van der Waals surface area contributed by atoms with Crippen LogP contribution in [0.5, 0.6) is 5.75 Å². The normalized spacial score (nSPS) is 18.0. The highest BCUT2D eigenvalue weighted by Crippen LogP contribution is 2.31. The summed E-state index contributed by atoms with van der Waals surface area (Å²) < 4.78 is 5.73. The summed E-state index contributed by atoms with van der Waals surface area (Å²) >= 11 is 0. The van der Waals surface area contributed by atoms with Crippen LogP contribution in [0.3, 0.4) is 0 Å². The number of Topliss-reactive ketones (excluding diaryl/α,β-unsaturated/α-hetero) is 1. The van der Waals surface area contributed by atoms with Gasteiger partial charge in [0.1, 0.15) is 5.75 Å². The third kappa shape index (κ3) is 3.83. The van der Waals surface area contributed by atoms with Gasteiger partial charge in [-0.2, -0.15) is 0 Å². The second-order valence-electron chi connectivity index (χ2n) is 6.19. The number of para-hydroxylation sites is 1. The van der Waals surface area contributed by atoms with Crippen LogP contribution < -0.4 is 10.5 Å². The molecule has 1 aromatic rings. The molecular formula is C17H25NO2. The standard InChI is InChI=1S/C17H25NO2/c1-13(2)20-16-9-5-4-8-14(16)15(19)12-17(18)10-6-3-7-11-17/h4-5,8-9,13H,3,6-7,10-12,18H2,1-2H3. The molecule has 0 saturated heterocycles. The molecule has 0 amide bonds. The summed E-state index contributed by atoms with van der Waals surface area (Å²) in [5.74, 6) is 0.776. The number of hydrogen-bond acceptors (Lipinski definition) is 3. The molecule has 1 fully saturated rings. The molecular weight excluding hydrogens is 250 g/mol. The molecule has 2 rings (SSSR count). The van der Waals surface area contributed by atoms with E-state index in [1.54, 1.807) is 0 Å². The van der Waals surface area contributed by atoms with Gasteiger partial charge in [0.05, 0.1) is 11.7 Å². The van der Waals surface area contributed by atoms with Gasteiger partial charge in [-0.3, -0.25) is 4.79 Å². The van der Waals surface area contributed by atoms with Crippen molar-refractivity contribution in [2.24, 2.45) is 5.73 Å². The second-order valence-corrected chi connectivity index (χ2v) is 6.19. The molecule has 0 bridgehead atoms. The fourth-order valence-corrected chi connectivity index (χ4v) is 2.90. The second kappa shape index (κ2) is 6.40. The molecule has 3 nitrogen and oxygen atoms in total. The van der Waals surface area contributed by atoms with Crippen LogP contribution >= 0.6 is 0 Å². The number of benzene rings is 1. The summed E-state index contributed by atoms with van der Waals surface area (Å²) in [7, 11) is 0. The third-order valence-electron chi connectivity index (χ3n) is 3.91. The van der Waals surface area contributed by atoms with Crippen molar-refractivity contribution in [3.8, 4) is 5.75 Å². The first-order valence-corrected chi connectivity index (χ1v) is 7.58. The topological polar surface area (TPSA) is 52.3 Å². The fraction of sp³-hybridized carbons (Fsp3) is 0.588. The van der Waals surface area contributed by atoms with E-state index in [1.165, 1.54) is 6.42 Å². The number of ether oxygens (including phenoxy) is 1. The lowest BCUT2D eigenvalue weighted by atomic mass is 9.78. The van der Waals surface area contributed by atoms with Crippen LogP contribution in [0.4, 0.5) is 0 Å². The molecule has 1 aromatic carbocycles. The average molecular weight is 275 g/mol. The van der Waals surface area contributed by atoms with Crippen LogP contribution in [0.15, 0.2) is 24.3 Å². The summed E-state index contributed by atoms with van der Waals surface area (Å²) in [4.78, 5) is 12.6. The average Bonchev–Trinajstić information content (AvgIpc) is 2.38. The van der Waals surface area contributed by atoms with Crippen molar-refractivity contribution >= 4 is 5.78 Å². The van der Waals surface area contributed by atoms with Gasteiger partial charge in [0.25, 0.3) is 0 Å². The lowest BCUT2D eigenvalue weighted by Gasteiger charge is -2.33. The number of nitrogens with two attached hydrogens (primary N) is 1. The van der Waals surface area contributed by atoms with Crippen LogP contribution in [0.1, 0.15) is 62.7 Å². The van der Waals surface area contributed by atoms with Crippen LogP contribution in [-0.2, 0) is 0 Å². The Labute approximate surface area is 121 Å². The highest BCUT2D eigenvalue weighted by Gasteiger charge is 2.31. The Bertz CT molecular complexity index is 462. The van der Waals surface area contributed by atoms with Crippen molar-refractivity contribution in [1.82, 2.24) is 0 Å². The number of ketones is 1. The summed E-state index contributed by atoms with van der Waals surface area (Å²) in [5, 5.41) is 0. The SMILES string of the molecule is CC(C)Oc1ccccc1C(=O)CC1(N)CCCCC1. The number of rotatable bonds is 5. The molecule has 0 spiro atoms. The minimum atomic E-state index is -0.319. The first kappa shape index (κ1) is 15.0.